The van der Waals surface area contributed by atoms with Gasteiger partial charge in [-0.1, -0.05) is 0 Å². The van der Waals surface area contributed by atoms with Crippen LogP contribution in [0.4, 0.5) is 0 Å². The highest BCUT2D eigenvalue weighted by Crippen LogP contribution is 2.07. The van der Waals surface area contributed by atoms with Crippen LogP contribution in [-0.4, -0.2) is 23.1 Å². The first kappa shape index (κ1) is 14.7. The van der Waals surface area contributed by atoms with Crippen molar-refractivity contribution in [1.29, 1.82) is 0 Å². The number of hydrogen-bond acceptors (Lipinski definition) is 4. The second kappa shape index (κ2) is 7.84. The van der Waals surface area contributed by atoms with Crippen LogP contribution in [0.15, 0.2) is 9.59 Å². The Kier molecular flexibility index (Phi) is 6.38. The predicted molar refractivity (Wildman–Crippen MR) is 71.7 cm³/mol. The first-order valence-electron chi connectivity index (χ1n) is 6.43. The molecule has 1 aromatic heterocycles. The summed E-state index contributed by atoms with van der Waals surface area (Å²) in [5.41, 5.74) is 11.6. The summed E-state index contributed by atoms with van der Waals surface area (Å²) in [6.45, 7) is 1.24. The highest BCUT2D eigenvalue weighted by Gasteiger charge is 2.08. The summed E-state index contributed by atoms with van der Waals surface area (Å²) in [4.78, 5) is 28.0. The lowest BCUT2D eigenvalue weighted by Gasteiger charge is -2.07. The number of hydrogen-bond donors (Lipinski definition) is 4. The zero-order valence-electron chi connectivity index (χ0n) is 10.6. The summed E-state index contributed by atoms with van der Waals surface area (Å²) >= 11 is 0. The van der Waals surface area contributed by atoms with Crippen LogP contribution in [0.2, 0.25) is 0 Å². The van der Waals surface area contributed by atoms with Crippen LogP contribution in [-0.2, 0) is 12.8 Å². The Morgan fingerprint density at radius 2 is 1.44 bits per heavy atom. The maximum absolute atomic E-state index is 11.8. The molecule has 0 amide bonds. The first-order valence-corrected chi connectivity index (χ1v) is 6.43. The molecule has 1 aromatic rings. The molecule has 0 saturated heterocycles. The van der Waals surface area contributed by atoms with Crippen LogP contribution in [0.1, 0.15) is 36.9 Å². The lowest BCUT2D eigenvalue weighted by Crippen LogP contribution is -2.28. The van der Waals surface area contributed by atoms with Gasteiger partial charge in [-0.2, -0.15) is 0 Å². The largest absolute Gasteiger partial charge is 0.330 e. The molecule has 0 spiro atoms. The van der Waals surface area contributed by atoms with E-state index in [1.807, 2.05) is 0 Å². The standard InChI is InChI=1S/C12H22N4O2/c13-7-3-1-5-9-10(6-2-4-8-14)15-12(18)16-11(9)17/h1-8,13-14H2,(H2,15,16,17,18). The highest BCUT2D eigenvalue weighted by molar-refractivity contribution is 5.16. The number of aromatic amines is 2. The highest BCUT2D eigenvalue weighted by atomic mass is 16.2. The molecule has 0 aliphatic heterocycles. The lowest BCUT2D eigenvalue weighted by molar-refractivity contribution is 0.692. The van der Waals surface area contributed by atoms with Crippen molar-refractivity contribution < 1.29 is 0 Å². The summed E-state index contributed by atoms with van der Waals surface area (Å²) in [6.07, 6.45) is 4.84. The number of unbranched alkanes of at least 4 members (excludes halogenated alkanes) is 2. The van der Waals surface area contributed by atoms with Gasteiger partial charge < -0.3 is 16.5 Å². The molecule has 0 aliphatic rings. The molecule has 6 nitrogen and oxygen atoms in total. The Labute approximate surface area is 106 Å². The number of nitrogens with one attached hydrogen (secondary N) is 2. The minimum absolute atomic E-state index is 0.279. The van der Waals surface area contributed by atoms with Gasteiger partial charge in [0.25, 0.3) is 5.56 Å². The topological polar surface area (TPSA) is 118 Å². The molecule has 0 saturated carbocycles. The Morgan fingerprint density at radius 1 is 0.833 bits per heavy atom. The number of aromatic nitrogens is 2. The van der Waals surface area contributed by atoms with Crippen LogP contribution >= 0.6 is 0 Å². The summed E-state index contributed by atoms with van der Waals surface area (Å²) in [7, 11) is 0. The van der Waals surface area contributed by atoms with Gasteiger partial charge >= 0.3 is 5.69 Å². The van der Waals surface area contributed by atoms with Gasteiger partial charge in [-0.15, -0.1) is 0 Å². The van der Waals surface area contributed by atoms with Gasteiger partial charge in [0.15, 0.2) is 0 Å². The van der Waals surface area contributed by atoms with Crippen LogP contribution in [0.5, 0.6) is 0 Å². The van der Waals surface area contributed by atoms with Crippen molar-refractivity contribution in [3.8, 4) is 0 Å². The van der Waals surface area contributed by atoms with Crippen LogP contribution < -0.4 is 22.7 Å². The fourth-order valence-corrected chi connectivity index (χ4v) is 1.93. The third kappa shape index (κ3) is 4.46. The Hall–Kier alpha value is -1.40. The third-order valence-corrected chi connectivity index (χ3v) is 2.89. The van der Waals surface area contributed by atoms with Crippen LogP contribution in [0, 0.1) is 0 Å². The summed E-state index contributed by atoms with van der Waals surface area (Å²) in [5, 5.41) is 0. The zero-order valence-corrected chi connectivity index (χ0v) is 10.6. The van der Waals surface area contributed by atoms with Crippen molar-refractivity contribution in [3.05, 3.63) is 32.1 Å². The van der Waals surface area contributed by atoms with E-state index in [2.05, 4.69) is 9.97 Å². The van der Waals surface area contributed by atoms with Gasteiger partial charge in [0.05, 0.1) is 0 Å². The quantitative estimate of drug-likeness (QED) is 0.473. The smallest absolute Gasteiger partial charge is 0.325 e. The molecule has 0 aromatic carbocycles. The van der Waals surface area contributed by atoms with Gasteiger partial charge in [-0.25, -0.2) is 4.79 Å². The average molecular weight is 254 g/mol. The molecule has 0 fully saturated rings. The Bertz CT molecular complexity index is 464. The fourth-order valence-electron chi connectivity index (χ4n) is 1.93. The molecular formula is C12H22N4O2. The number of nitrogens with two attached hydrogens (primary N) is 2. The Morgan fingerprint density at radius 3 is 2.06 bits per heavy atom. The van der Waals surface area contributed by atoms with Crippen LogP contribution in [0.25, 0.3) is 0 Å². The van der Waals surface area contributed by atoms with Crippen LogP contribution in [0.3, 0.4) is 0 Å². The molecule has 6 N–H and O–H groups in total. The molecule has 0 unspecified atom stereocenters. The molecule has 0 atom stereocenters. The molecule has 102 valence electrons. The Balaban J connectivity index is 2.83. The minimum Gasteiger partial charge on any atom is -0.330 e. The van der Waals surface area contributed by atoms with Gasteiger partial charge in [0, 0.05) is 11.3 Å². The van der Waals surface area contributed by atoms with E-state index >= 15 is 0 Å². The SMILES string of the molecule is NCCCCc1[nH]c(=O)[nH]c(=O)c1CCCCN. The van der Waals surface area contributed by atoms with E-state index in [0.717, 1.165) is 31.4 Å². The van der Waals surface area contributed by atoms with Crippen molar-refractivity contribution in [2.75, 3.05) is 13.1 Å². The molecule has 18 heavy (non-hydrogen) atoms. The number of H-pyrrole nitrogens is 2. The molecule has 0 bridgehead atoms. The molecule has 1 rings (SSSR count). The second-order valence-electron chi connectivity index (χ2n) is 4.36. The van der Waals surface area contributed by atoms with Gasteiger partial charge in [0.2, 0.25) is 0 Å². The summed E-state index contributed by atoms with van der Waals surface area (Å²) < 4.78 is 0. The summed E-state index contributed by atoms with van der Waals surface area (Å²) in [5.74, 6) is 0. The lowest BCUT2D eigenvalue weighted by atomic mass is 10.0. The van der Waals surface area contributed by atoms with E-state index in [0.29, 0.717) is 31.5 Å². The predicted octanol–water partition coefficient (Wildman–Crippen LogP) is -0.374. The first-order chi connectivity index (χ1) is 8.69. The van der Waals surface area contributed by atoms with Crippen molar-refractivity contribution in [2.24, 2.45) is 11.5 Å². The second-order valence-corrected chi connectivity index (χ2v) is 4.36. The molecule has 1 heterocycles. The van der Waals surface area contributed by atoms with E-state index in [4.69, 9.17) is 11.5 Å². The molecular weight excluding hydrogens is 232 g/mol. The number of aryl methyl sites for hydroxylation is 1. The molecule has 6 heteroatoms. The monoisotopic (exact) mass is 254 g/mol. The van der Waals surface area contributed by atoms with Gasteiger partial charge in [0.1, 0.15) is 0 Å². The van der Waals surface area contributed by atoms with E-state index < -0.39 is 5.69 Å². The van der Waals surface area contributed by atoms with E-state index in [1.54, 1.807) is 0 Å². The maximum atomic E-state index is 11.8. The average Bonchev–Trinajstić information content (AvgIpc) is 2.32. The van der Waals surface area contributed by atoms with Gasteiger partial charge in [-0.05, 0) is 51.6 Å². The molecule has 0 radical (unpaired) electrons. The number of rotatable bonds is 8. The van der Waals surface area contributed by atoms with E-state index in [9.17, 15) is 9.59 Å². The third-order valence-electron chi connectivity index (χ3n) is 2.89. The van der Waals surface area contributed by atoms with E-state index in [1.165, 1.54) is 0 Å². The molecule has 0 aliphatic carbocycles. The van der Waals surface area contributed by atoms with Crippen molar-refractivity contribution in [1.82, 2.24) is 9.97 Å². The van der Waals surface area contributed by atoms with Crippen molar-refractivity contribution >= 4 is 0 Å². The minimum atomic E-state index is -0.440. The maximum Gasteiger partial charge on any atom is 0.325 e. The normalized spacial score (nSPS) is 10.8. The van der Waals surface area contributed by atoms with Gasteiger partial charge in [-0.3, -0.25) is 9.78 Å². The summed E-state index contributed by atoms with van der Waals surface area (Å²) in [6, 6.07) is 0. The fraction of sp³-hybridized carbons (Fsp3) is 0.667. The van der Waals surface area contributed by atoms with Crippen molar-refractivity contribution in [2.45, 2.75) is 38.5 Å². The zero-order chi connectivity index (χ0) is 13.4. The van der Waals surface area contributed by atoms with E-state index in [-0.39, 0.29) is 5.56 Å². The van der Waals surface area contributed by atoms with Crippen molar-refractivity contribution in [3.63, 3.8) is 0 Å².